The van der Waals surface area contributed by atoms with Crippen LogP contribution in [0.25, 0.3) is 0 Å². The molecule has 0 fully saturated rings. The molecule has 0 spiro atoms. The van der Waals surface area contributed by atoms with Crippen LogP contribution in [0.15, 0.2) is 60.8 Å². The Morgan fingerprint density at radius 1 is 0.397 bits per heavy atom. The first-order chi connectivity index (χ1) is 28.6. The molecule has 0 aliphatic heterocycles. The van der Waals surface area contributed by atoms with Crippen molar-refractivity contribution in [2.75, 3.05) is 19.8 Å². The number of hydrogen-bond donors (Lipinski definition) is 0. The maximum Gasteiger partial charge on any atom is 0.306 e. The Morgan fingerprint density at radius 3 is 1.31 bits per heavy atom. The first kappa shape index (κ1) is 55.6. The highest BCUT2D eigenvalue weighted by atomic mass is 16.6. The monoisotopic (exact) mass is 811 g/mol. The largest absolute Gasteiger partial charge is 0.462 e. The van der Waals surface area contributed by atoms with Crippen molar-refractivity contribution in [1.82, 2.24) is 0 Å². The van der Waals surface area contributed by atoms with Crippen LogP contribution in [0, 0.1) is 0 Å². The van der Waals surface area contributed by atoms with Gasteiger partial charge in [0.25, 0.3) is 0 Å². The van der Waals surface area contributed by atoms with Crippen LogP contribution >= 0.6 is 0 Å². The summed E-state index contributed by atoms with van der Waals surface area (Å²) in [6.45, 7) is 7.55. The highest BCUT2D eigenvalue weighted by Crippen LogP contribution is 2.15. The first-order valence-electron chi connectivity index (χ1n) is 24.8. The van der Waals surface area contributed by atoms with Gasteiger partial charge in [-0.15, -0.1) is 0 Å². The van der Waals surface area contributed by atoms with Gasteiger partial charge >= 0.3 is 11.9 Å². The lowest BCUT2D eigenvalue weighted by Gasteiger charge is -2.18. The molecule has 0 heterocycles. The molecule has 0 aliphatic carbocycles. The lowest BCUT2D eigenvalue weighted by atomic mass is 10.0. The van der Waals surface area contributed by atoms with Gasteiger partial charge in [0, 0.05) is 19.4 Å². The van der Waals surface area contributed by atoms with Crippen LogP contribution in [0.3, 0.4) is 0 Å². The van der Waals surface area contributed by atoms with Crippen LogP contribution in [0.2, 0.25) is 0 Å². The molecule has 0 aliphatic rings. The minimum atomic E-state index is -0.566. The predicted molar refractivity (Wildman–Crippen MR) is 251 cm³/mol. The van der Waals surface area contributed by atoms with Gasteiger partial charge in [-0.1, -0.05) is 216 Å². The van der Waals surface area contributed by atoms with Gasteiger partial charge in [0.05, 0.1) is 6.61 Å². The number of allylic oxidation sites excluding steroid dienone is 10. The molecular formula is C53H94O5. The average Bonchev–Trinajstić information content (AvgIpc) is 3.22. The van der Waals surface area contributed by atoms with Crippen LogP contribution < -0.4 is 0 Å². The van der Waals surface area contributed by atoms with Crippen molar-refractivity contribution in [3.63, 3.8) is 0 Å². The SMILES string of the molecule is CC/C=C\C/C=C\C/C=C\C/C=C\CCCOCC(COC(=O)CCCCCCCCCCCCCCCCCCC)OC(=O)CCCCCCC/C=C\CCCC. The summed E-state index contributed by atoms with van der Waals surface area (Å²) in [7, 11) is 0. The Balaban J connectivity index is 4.28. The third-order valence-electron chi connectivity index (χ3n) is 10.5. The van der Waals surface area contributed by atoms with Gasteiger partial charge in [-0.25, -0.2) is 0 Å². The van der Waals surface area contributed by atoms with E-state index in [4.69, 9.17) is 14.2 Å². The molecule has 0 aromatic carbocycles. The van der Waals surface area contributed by atoms with E-state index in [1.807, 2.05) is 0 Å². The van der Waals surface area contributed by atoms with E-state index in [9.17, 15) is 9.59 Å². The van der Waals surface area contributed by atoms with Gasteiger partial charge in [0.1, 0.15) is 6.61 Å². The van der Waals surface area contributed by atoms with Crippen molar-refractivity contribution >= 4 is 11.9 Å². The number of hydrogen-bond acceptors (Lipinski definition) is 5. The summed E-state index contributed by atoms with van der Waals surface area (Å²) in [5, 5.41) is 0. The van der Waals surface area contributed by atoms with Crippen molar-refractivity contribution in [3.05, 3.63) is 60.8 Å². The number of unbranched alkanes of at least 4 members (excludes halogenated alkanes) is 24. The molecule has 1 unspecified atom stereocenters. The Bertz CT molecular complexity index is 1010. The predicted octanol–water partition coefficient (Wildman–Crippen LogP) is 16.6. The molecule has 0 bridgehead atoms. The van der Waals surface area contributed by atoms with Crippen molar-refractivity contribution in [3.8, 4) is 0 Å². The van der Waals surface area contributed by atoms with E-state index in [0.717, 1.165) is 77.0 Å². The summed E-state index contributed by atoms with van der Waals surface area (Å²) < 4.78 is 17.3. The maximum absolute atomic E-state index is 12.7. The normalized spacial score (nSPS) is 12.7. The lowest BCUT2D eigenvalue weighted by molar-refractivity contribution is -0.163. The molecule has 0 aromatic heterocycles. The summed E-state index contributed by atoms with van der Waals surface area (Å²) in [6, 6.07) is 0. The fourth-order valence-corrected chi connectivity index (χ4v) is 6.85. The van der Waals surface area contributed by atoms with Crippen molar-refractivity contribution in [2.24, 2.45) is 0 Å². The van der Waals surface area contributed by atoms with Gasteiger partial charge in [0.15, 0.2) is 6.10 Å². The molecule has 0 amide bonds. The van der Waals surface area contributed by atoms with Crippen LogP contribution in [0.1, 0.15) is 239 Å². The Kier molecular flexibility index (Phi) is 46.9. The number of carbonyl (C=O) groups is 2. The minimum Gasteiger partial charge on any atom is -0.462 e. The fraction of sp³-hybridized carbons (Fsp3) is 0.774. The second-order valence-electron chi connectivity index (χ2n) is 16.3. The standard InChI is InChI=1S/C53H94O5/c1-4-7-10-13-16-19-22-24-26-27-28-29-32-34-37-40-43-46-52(54)57-50-51(58-53(55)47-44-41-38-35-31-21-18-15-12-9-6-3)49-56-48-45-42-39-36-33-30-25-23-20-17-14-11-8-5-2/h8,11,15,17-18,20,25,30,36,39,51H,4-7,9-10,12-14,16,19,21-24,26-29,31-35,37-38,40-50H2,1-3H3/b11-8-,18-15-,20-17-,30-25-,39-36-. The second-order valence-corrected chi connectivity index (χ2v) is 16.3. The molecule has 0 N–H and O–H groups in total. The van der Waals surface area contributed by atoms with Crippen LogP contribution in [0.4, 0.5) is 0 Å². The third-order valence-corrected chi connectivity index (χ3v) is 10.5. The highest BCUT2D eigenvalue weighted by Gasteiger charge is 2.17. The van der Waals surface area contributed by atoms with Crippen LogP contribution in [0.5, 0.6) is 0 Å². The Hall–Kier alpha value is -2.40. The van der Waals surface area contributed by atoms with Gasteiger partial charge < -0.3 is 14.2 Å². The maximum atomic E-state index is 12.7. The number of esters is 2. The number of carbonyl (C=O) groups excluding carboxylic acids is 2. The summed E-state index contributed by atoms with van der Waals surface area (Å²) in [5.74, 6) is -0.432. The summed E-state index contributed by atoms with van der Waals surface area (Å²) in [5.41, 5.74) is 0. The number of rotatable bonds is 45. The summed E-state index contributed by atoms with van der Waals surface area (Å²) >= 11 is 0. The molecular weight excluding hydrogens is 717 g/mol. The van der Waals surface area contributed by atoms with E-state index < -0.39 is 6.10 Å². The smallest absolute Gasteiger partial charge is 0.306 e. The fourth-order valence-electron chi connectivity index (χ4n) is 6.85. The third kappa shape index (κ3) is 46.3. The quantitative estimate of drug-likeness (QED) is 0.0348. The Labute approximate surface area is 360 Å². The molecule has 58 heavy (non-hydrogen) atoms. The zero-order valence-corrected chi connectivity index (χ0v) is 38.6. The van der Waals surface area contributed by atoms with E-state index in [1.165, 1.54) is 128 Å². The van der Waals surface area contributed by atoms with Crippen molar-refractivity contribution in [2.45, 2.75) is 245 Å². The van der Waals surface area contributed by atoms with Gasteiger partial charge in [-0.3, -0.25) is 9.59 Å². The van der Waals surface area contributed by atoms with E-state index in [0.29, 0.717) is 19.4 Å². The molecule has 336 valence electrons. The summed E-state index contributed by atoms with van der Waals surface area (Å²) in [4.78, 5) is 25.3. The molecule has 5 nitrogen and oxygen atoms in total. The zero-order chi connectivity index (χ0) is 42.1. The van der Waals surface area contributed by atoms with Crippen LogP contribution in [-0.4, -0.2) is 37.9 Å². The summed E-state index contributed by atoms with van der Waals surface area (Å²) in [6.07, 6.45) is 61.0. The van der Waals surface area contributed by atoms with Crippen LogP contribution in [-0.2, 0) is 23.8 Å². The molecule has 0 radical (unpaired) electrons. The molecule has 0 aromatic rings. The van der Waals surface area contributed by atoms with Gasteiger partial charge in [-0.2, -0.15) is 0 Å². The zero-order valence-electron chi connectivity index (χ0n) is 38.6. The lowest BCUT2D eigenvalue weighted by Crippen LogP contribution is -2.30. The van der Waals surface area contributed by atoms with E-state index in [2.05, 4.69) is 81.5 Å². The minimum absolute atomic E-state index is 0.0617. The molecule has 5 heteroatoms. The molecule has 0 saturated heterocycles. The number of ether oxygens (including phenoxy) is 3. The molecule has 0 rings (SSSR count). The first-order valence-corrected chi connectivity index (χ1v) is 24.8. The van der Waals surface area contributed by atoms with Crippen molar-refractivity contribution < 1.29 is 23.8 Å². The van der Waals surface area contributed by atoms with Gasteiger partial charge in [0.2, 0.25) is 0 Å². The second kappa shape index (κ2) is 49.0. The molecule has 0 saturated carbocycles. The topological polar surface area (TPSA) is 61.8 Å². The van der Waals surface area contributed by atoms with E-state index in [1.54, 1.807) is 0 Å². The van der Waals surface area contributed by atoms with Gasteiger partial charge in [-0.05, 0) is 70.6 Å². The Morgan fingerprint density at radius 2 is 0.793 bits per heavy atom. The van der Waals surface area contributed by atoms with E-state index >= 15 is 0 Å². The molecule has 1 atom stereocenters. The van der Waals surface area contributed by atoms with E-state index in [-0.39, 0.29) is 25.2 Å². The average molecular weight is 811 g/mol. The highest BCUT2D eigenvalue weighted by molar-refractivity contribution is 5.70. The van der Waals surface area contributed by atoms with Crippen molar-refractivity contribution in [1.29, 1.82) is 0 Å².